The first kappa shape index (κ1) is 10.9. The van der Waals surface area contributed by atoms with Crippen LogP contribution in [0.5, 0.6) is 0 Å². The van der Waals surface area contributed by atoms with Crippen LogP contribution in [0.1, 0.15) is 19.3 Å². The van der Waals surface area contributed by atoms with Crippen molar-refractivity contribution in [1.82, 2.24) is 10.4 Å². The summed E-state index contributed by atoms with van der Waals surface area (Å²) < 4.78 is 4.95. The van der Waals surface area contributed by atoms with Gasteiger partial charge in [0.15, 0.2) is 0 Å². The Hall–Kier alpha value is -0.120. The van der Waals surface area contributed by atoms with E-state index in [1.165, 1.54) is 19.3 Å². The van der Waals surface area contributed by atoms with Crippen LogP contribution in [0.3, 0.4) is 0 Å². The van der Waals surface area contributed by atoms with Gasteiger partial charge in [-0.05, 0) is 26.3 Å². The molecule has 0 saturated carbocycles. The first-order valence-corrected chi connectivity index (χ1v) is 4.18. The minimum atomic E-state index is 0.892. The van der Waals surface area contributed by atoms with Gasteiger partial charge < -0.3 is 4.74 Å². The SMILES string of the molecule is CNN(C)CCCCCOC. The van der Waals surface area contributed by atoms with Gasteiger partial charge in [-0.25, -0.2) is 5.01 Å². The monoisotopic (exact) mass is 160 g/mol. The van der Waals surface area contributed by atoms with Gasteiger partial charge in [0.25, 0.3) is 0 Å². The summed E-state index contributed by atoms with van der Waals surface area (Å²) in [6.07, 6.45) is 3.66. The second-order valence-electron chi connectivity index (χ2n) is 2.70. The minimum Gasteiger partial charge on any atom is -0.385 e. The van der Waals surface area contributed by atoms with Gasteiger partial charge in [0, 0.05) is 27.3 Å². The quantitative estimate of drug-likeness (QED) is 0.442. The predicted molar refractivity (Wildman–Crippen MR) is 47.4 cm³/mol. The molecule has 11 heavy (non-hydrogen) atoms. The molecule has 0 atom stereocenters. The van der Waals surface area contributed by atoms with Crippen molar-refractivity contribution in [2.24, 2.45) is 0 Å². The number of hydrogen-bond donors (Lipinski definition) is 1. The number of hydrogen-bond acceptors (Lipinski definition) is 3. The minimum absolute atomic E-state index is 0.892. The summed E-state index contributed by atoms with van der Waals surface area (Å²) in [5.41, 5.74) is 3.06. The topological polar surface area (TPSA) is 24.5 Å². The lowest BCUT2D eigenvalue weighted by Gasteiger charge is -2.13. The van der Waals surface area contributed by atoms with Gasteiger partial charge in [-0.15, -0.1) is 0 Å². The number of nitrogens with one attached hydrogen (secondary N) is 1. The third-order valence-corrected chi connectivity index (χ3v) is 1.72. The molecule has 0 aromatic rings. The number of methoxy groups -OCH3 is 1. The Morgan fingerprint density at radius 3 is 2.55 bits per heavy atom. The molecule has 0 amide bonds. The average Bonchev–Trinajstić information content (AvgIpc) is 2.04. The maximum atomic E-state index is 4.95. The van der Waals surface area contributed by atoms with Gasteiger partial charge in [-0.1, -0.05) is 0 Å². The fourth-order valence-corrected chi connectivity index (χ4v) is 0.884. The van der Waals surface area contributed by atoms with Crippen LogP contribution in [-0.4, -0.2) is 39.4 Å². The van der Waals surface area contributed by atoms with Crippen LogP contribution in [0.2, 0.25) is 0 Å². The Kier molecular flexibility index (Phi) is 7.89. The van der Waals surface area contributed by atoms with Crippen molar-refractivity contribution in [3.63, 3.8) is 0 Å². The molecular weight excluding hydrogens is 140 g/mol. The van der Waals surface area contributed by atoms with Gasteiger partial charge in [-0.2, -0.15) is 0 Å². The maximum Gasteiger partial charge on any atom is 0.0462 e. The Bertz CT molecular complexity index is 78.5. The van der Waals surface area contributed by atoms with Crippen LogP contribution in [-0.2, 0) is 4.74 Å². The third-order valence-electron chi connectivity index (χ3n) is 1.72. The fourth-order valence-electron chi connectivity index (χ4n) is 0.884. The second kappa shape index (κ2) is 7.98. The van der Waals surface area contributed by atoms with E-state index in [0.29, 0.717) is 0 Å². The number of unbranched alkanes of at least 4 members (excludes halogenated alkanes) is 2. The lowest BCUT2D eigenvalue weighted by molar-refractivity contribution is 0.188. The molecule has 0 spiro atoms. The summed E-state index contributed by atoms with van der Waals surface area (Å²) >= 11 is 0. The van der Waals surface area contributed by atoms with E-state index < -0.39 is 0 Å². The van der Waals surface area contributed by atoms with E-state index in [2.05, 4.69) is 17.5 Å². The second-order valence-corrected chi connectivity index (χ2v) is 2.70. The molecule has 3 nitrogen and oxygen atoms in total. The Morgan fingerprint density at radius 1 is 1.27 bits per heavy atom. The zero-order valence-corrected chi connectivity index (χ0v) is 7.89. The number of rotatable bonds is 7. The summed E-state index contributed by atoms with van der Waals surface area (Å²) in [7, 11) is 5.74. The molecular formula is C8H20N2O. The average molecular weight is 160 g/mol. The van der Waals surface area contributed by atoms with E-state index in [1.807, 2.05) is 7.05 Å². The molecule has 0 rings (SSSR count). The summed E-state index contributed by atoms with van der Waals surface area (Å²) in [4.78, 5) is 0. The highest BCUT2D eigenvalue weighted by atomic mass is 16.5. The van der Waals surface area contributed by atoms with Crippen molar-refractivity contribution < 1.29 is 4.74 Å². The highest BCUT2D eigenvalue weighted by Crippen LogP contribution is 1.95. The van der Waals surface area contributed by atoms with E-state index in [-0.39, 0.29) is 0 Å². The highest BCUT2D eigenvalue weighted by Gasteiger charge is 1.92. The van der Waals surface area contributed by atoms with Crippen molar-refractivity contribution in [2.75, 3.05) is 34.4 Å². The van der Waals surface area contributed by atoms with E-state index in [1.54, 1.807) is 7.11 Å². The van der Waals surface area contributed by atoms with E-state index >= 15 is 0 Å². The van der Waals surface area contributed by atoms with Crippen LogP contribution in [0, 0.1) is 0 Å². The third kappa shape index (κ3) is 7.78. The molecule has 0 bridgehead atoms. The van der Waals surface area contributed by atoms with Crippen molar-refractivity contribution in [3.8, 4) is 0 Å². The number of hydrazine groups is 1. The molecule has 0 aliphatic carbocycles. The Balaban J connectivity index is 2.89. The van der Waals surface area contributed by atoms with Crippen LogP contribution < -0.4 is 5.43 Å². The van der Waals surface area contributed by atoms with Crippen LogP contribution >= 0.6 is 0 Å². The molecule has 0 aromatic carbocycles. The highest BCUT2D eigenvalue weighted by molar-refractivity contribution is 4.45. The number of ether oxygens (including phenoxy) is 1. The molecule has 1 N–H and O–H groups in total. The summed E-state index contributed by atoms with van der Waals surface area (Å²) in [5, 5.41) is 2.09. The fraction of sp³-hybridized carbons (Fsp3) is 1.00. The summed E-state index contributed by atoms with van der Waals surface area (Å²) in [6.45, 7) is 2.00. The van der Waals surface area contributed by atoms with E-state index in [0.717, 1.165) is 13.2 Å². The van der Waals surface area contributed by atoms with Gasteiger partial charge in [0.1, 0.15) is 0 Å². The largest absolute Gasteiger partial charge is 0.385 e. The summed E-state index contributed by atoms with van der Waals surface area (Å²) in [5.74, 6) is 0. The lowest BCUT2D eigenvalue weighted by Crippen LogP contribution is -2.31. The Morgan fingerprint density at radius 2 is 2.00 bits per heavy atom. The van der Waals surface area contributed by atoms with E-state index in [9.17, 15) is 0 Å². The van der Waals surface area contributed by atoms with Gasteiger partial charge in [-0.3, -0.25) is 5.43 Å². The molecule has 0 aliphatic heterocycles. The molecule has 0 fully saturated rings. The first-order valence-electron chi connectivity index (χ1n) is 4.18. The van der Waals surface area contributed by atoms with Crippen molar-refractivity contribution in [2.45, 2.75) is 19.3 Å². The standard InChI is InChI=1S/C8H20N2O/c1-9-10(2)7-5-4-6-8-11-3/h9H,4-8H2,1-3H3. The molecule has 0 heterocycles. The van der Waals surface area contributed by atoms with Gasteiger partial charge in [0.2, 0.25) is 0 Å². The zero-order chi connectivity index (χ0) is 8.53. The molecule has 0 radical (unpaired) electrons. The van der Waals surface area contributed by atoms with Crippen LogP contribution in [0.4, 0.5) is 0 Å². The molecule has 0 saturated heterocycles. The predicted octanol–water partition coefficient (Wildman–Crippen LogP) is 0.869. The first-order chi connectivity index (χ1) is 5.31. The van der Waals surface area contributed by atoms with Crippen LogP contribution in [0.15, 0.2) is 0 Å². The molecule has 68 valence electrons. The summed E-state index contributed by atoms with van der Waals surface area (Å²) in [6, 6.07) is 0. The zero-order valence-electron chi connectivity index (χ0n) is 7.89. The molecule has 3 heteroatoms. The Labute approximate surface area is 69.7 Å². The van der Waals surface area contributed by atoms with Gasteiger partial charge in [0.05, 0.1) is 0 Å². The van der Waals surface area contributed by atoms with Crippen molar-refractivity contribution in [1.29, 1.82) is 0 Å². The van der Waals surface area contributed by atoms with Crippen molar-refractivity contribution in [3.05, 3.63) is 0 Å². The smallest absolute Gasteiger partial charge is 0.0462 e. The maximum absolute atomic E-state index is 4.95. The van der Waals surface area contributed by atoms with Crippen LogP contribution in [0.25, 0.3) is 0 Å². The number of nitrogens with zero attached hydrogens (tertiary/aromatic N) is 1. The molecule has 0 aliphatic rings. The molecule has 0 aromatic heterocycles. The van der Waals surface area contributed by atoms with Gasteiger partial charge >= 0.3 is 0 Å². The lowest BCUT2D eigenvalue weighted by atomic mass is 10.2. The van der Waals surface area contributed by atoms with Crippen molar-refractivity contribution >= 4 is 0 Å². The molecule has 0 unspecified atom stereocenters. The normalized spacial score (nSPS) is 10.9. The van der Waals surface area contributed by atoms with E-state index in [4.69, 9.17) is 4.74 Å².